The number of ether oxygens (including phenoxy) is 1. The summed E-state index contributed by atoms with van der Waals surface area (Å²) in [6.45, 7) is 9.40. The van der Waals surface area contributed by atoms with Gasteiger partial charge in [-0.1, -0.05) is 39.3 Å². The van der Waals surface area contributed by atoms with Gasteiger partial charge >= 0.3 is 0 Å². The molecule has 172 valence electrons. The summed E-state index contributed by atoms with van der Waals surface area (Å²) in [7, 11) is 0. The number of benzene rings is 1. The molecule has 0 aromatic heterocycles. The van der Waals surface area contributed by atoms with E-state index in [0.29, 0.717) is 18.6 Å². The number of nitrogens with two attached hydrogens (primary N) is 2. The molecule has 0 bridgehead atoms. The van der Waals surface area contributed by atoms with Gasteiger partial charge in [0.15, 0.2) is 6.61 Å². The summed E-state index contributed by atoms with van der Waals surface area (Å²) >= 11 is 0. The number of carbonyl (C=O) groups excluding carboxylic acids is 2. The number of piperidine rings is 1. The SMILES string of the molecule is CC(C)(C)c1ccc(CN2CCC[C@@H]3[C@H]2CCCCN3CC(N)=O)c(OCC(N)=O)c1. The van der Waals surface area contributed by atoms with Crippen molar-refractivity contribution in [2.45, 2.75) is 76.9 Å². The molecule has 2 fully saturated rings. The predicted octanol–water partition coefficient (Wildman–Crippen LogP) is 2.15. The highest BCUT2D eigenvalue weighted by molar-refractivity contribution is 5.76. The van der Waals surface area contributed by atoms with Crippen LogP contribution >= 0.6 is 0 Å². The highest BCUT2D eigenvalue weighted by Crippen LogP contribution is 2.34. The number of hydrogen-bond acceptors (Lipinski definition) is 5. The molecule has 0 radical (unpaired) electrons. The fourth-order valence-electron chi connectivity index (χ4n) is 4.99. The summed E-state index contributed by atoms with van der Waals surface area (Å²) in [5, 5.41) is 0. The number of rotatable bonds is 7. The largest absolute Gasteiger partial charge is 0.483 e. The first-order valence-electron chi connectivity index (χ1n) is 11.5. The van der Waals surface area contributed by atoms with Gasteiger partial charge in [-0.05, 0) is 55.8 Å². The molecule has 2 amide bonds. The lowest BCUT2D eigenvalue weighted by Gasteiger charge is -2.45. The van der Waals surface area contributed by atoms with Crippen LogP contribution in [0.2, 0.25) is 0 Å². The average molecular weight is 431 g/mol. The number of hydrogen-bond donors (Lipinski definition) is 2. The Morgan fingerprint density at radius 1 is 1.00 bits per heavy atom. The summed E-state index contributed by atoms with van der Waals surface area (Å²) in [5.41, 5.74) is 13.1. The first-order valence-corrected chi connectivity index (χ1v) is 11.5. The first kappa shape index (κ1) is 23.5. The van der Waals surface area contributed by atoms with E-state index in [-0.39, 0.29) is 17.9 Å². The van der Waals surface area contributed by atoms with E-state index in [4.69, 9.17) is 16.2 Å². The van der Waals surface area contributed by atoms with Gasteiger partial charge in [0.05, 0.1) is 6.54 Å². The van der Waals surface area contributed by atoms with E-state index in [0.717, 1.165) is 68.6 Å². The number of amides is 2. The molecule has 0 saturated carbocycles. The summed E-state index contributed by atoms with van der Waals surface area (Å²) in [6, 6.07) is 7.07. The minimum atomic E-state index is -0.476. The Bertz CT molecular complexity index is 790. The van der Waals surface area contributed by atoms with E-state index in [1.807, 2.05) is 6.07 Å². The number of fused-ring (bicyclic) bond motifs is 1. The maximum Gasteiger partial charge on any atom is 0.255 e. The second-order valence-corrected chi connectivity index (χ2v) is 10.0. The minimum Gasteiger partial charge on any atom is -0.483 e. The lowest BCUT2D eigenvalue weighted by Crippen LogP contribution is -2.55. The van der Waals surface area contributed by atoms with E-state index in [1.54, 1.807) is 0 Å². The van der Waals surface area contributed by atoms with E-state index >= 15 is 0 Å². The van der Waals surface area contributed by atoms with Crippen molar-refractivity contribution in [2.75, 3.05) is 26.2 Å². The van der Waals surface area contributed by atoms with E-state index < -0.39 is 5.91 Å². The predicted molar refractivity (Wildman–Crippen MR) is 122 cm³/mol. The third kappa shape index (κ3) is 6.20. The Morgan fingerprint density at radius 3 is 2.35 bits per heavy atom. The smallest absolute Gasteiger partial charge is 0.255 e. The average Bonchev–Trinajstić information content (AvgIpc) is 2.89. The molecular weight excluding hydrogens is 392 g/mol. The second kappa shape index (κ2) is 10.0. The standard InChI is InChI=1S/C24H38N4O3/c1-24(2,3)18-10-9-17(21(13-18)31-16-23(26)30)14-27-12-6-8-20-19(27)7-4-5-11-28(20)15-22(25)29/h9-10,13,19-20H,4-8,11-12,14-16H2,1-3H3,(H2,25,29)(H2,26,30)/t19-,20-/m1/s1. The number of primary amides is 2. The van der Waals surface area contributed by atoms with E-state index in [1.165, 1.54) is 0 Å². The summed E-state index contributed by atoms with van der Waals surface area (Å²) in [5.74, 6) is 0.00431. The van der Waals surface area contributed by atoms with Crippen LogP contribution in [0.25, 0.3) is 0 Å². The van der Waals surface area contributed by atoms with Gasteiger partial charge in [-0.3, -0.25) is 19.4 Å². The quantitative estimate of drug-likeness (QED) is 0.690. The molecule has 1 aromatic carbocycles. The van der Waals surface area contributed by atoms with Crippen molar-refractivity contribution in [3.63, 3.8) is 0 Å². The number of likely N-dealkylation sites (tertiary alicyclic amines) is 2. The van der Waals surface area contributed by atoms with Gasteiger partial charge in [0.25, 0.3) is 5.91 Å². The second-order valence-electron chi connectivity index (χ2n) is 10.0. The monoisotopic (exact) mass is 430 g/mol. The fourth-order valence-corrected chi connectivity index (χ4v) is 4.99. The third-order valence-electron chi connectivity index (χ3n) is 6.56. The van der Waals surface area contributed by atoms with E-state index in [2.05, 4.69) is 42.7 Å². The van der Waals surface area contributed by atoms with Gasteiger partial charge in [0, 0.05) is 24.2 Å². The van der Waals surface area contributed by atoms with Crippen molar-refractivity contribution in [3.8, 4) is 5.75 Å². The Morgan fingerprint density at radius 2 is 1.68 bits per heavy atom. The van der Waals surface area contributed by atoms with Crippen LogP contribution in [0.5, 0.6) is 5.75 Å². The Labute approximate surface area is 186 Å². The highest BCUT2D eigenvalue weighted by atomic mass is 16.5. The van der Waals surface area contributed by atoms with Crippen molar-refractivity contribution < 1.29 is 14.3 Å². The molecule has 7 heteroatoms. The summed E-state index contributed by atoms with van der Waals surface area (Å²) < 4.78 is 5.84. The van der Waals surface area contributed by atoms with Crippen LogP contribution in [0.15, 0.2) is 18.2 Å². The zero-order chi connectivity index (χ0) is 22.6. The number of carbonyl (C=O) groups is 2. The molecule has 4 N–H and O–H groups in total. The summed E-state index contributed by atoms with van der Waals surface area (Å²) in [6.07, 6.45) is 5.57. The van der Waals surface area contributed by atoms with Gasteiger partial charge < -0.3 is 16.2 Å². The van der Waals surface area contributed by atoms with Crippen LogP contribution in [0, 0.1) is 0 Å². The van der Waals surface area contributed by atoms with Crippen molar-refractivity contribution in [1.82, 2.24) is 9.80 Å². The fraction of sp³-hybridized carbons (Fsp3) is 0.667. The van der Waals surface area contributed by atoms with Crippen molar-refractivity contribution in [2.24, 2.45) is 11.5 Å². The van der Waals surface area contributed by atoms with E-state index in [9.17, 15) is 9.59 Å². The lowest BCUT2D eigenvalue weighted by molar-refractivity contribution is -0.121. The van der Waals surface area contributed by atoms with Crippen molar-refractivity contribution >= 4 is 11.8 Å². The van der Waals surface area contributed by atoms with Gasteiger partial charge in [-0.25, -0.2) is 0 Å². The van der Waals surface area contributed by atoms with Crippen molar-refractivity contribution in [1.29, 1.82) is 0 Å². The van der Waals surface area contributed by atoms with Gasteiger partial charge in [-0.15, -0.1) is 0 Å². The normalized spacial score (nSPS) is 23.1. The lowest BCUT2D eigenvalue weighted by atomic mass is 9.86. The van der Waals surface area contributed by atoms with Crippen molar-refractivity contribution in [3.05, 3.63) is 29.3 Å². The van der Waals surface area contributed by atoms with Crippen LogP contribution in [-0.4, -0.2) is 59.9 Å². The number of nitrogens with zero attached hydrogens (tertiary/aromatic N) is 2. The third-order valence-corrected chi connectivity index (χ3v) is 6.56. The van der Waals surface area contributed by atoms with Crippen LogP contribution in [-0.2, 0) is 21.5 Å². The molecule has 2 aliphatic heterocycles. The van der Waals surface area contributed by atoms with Crippen LogP contribution < -0.4 is 16.2 Å². The molecule has 3 rings (SSSR count). The molecule has 0 spiro atoms. The van der Waals surface area contributed by atoms with Gasteiger partial charge in [0.2, 0.25) is 5.91 Å². The molecule has 1 aromatic rings. The molecular formula is C24H38N4O3. The molecule has 2 aliphatic rings. The van der Waals surface area contributed by atoms with Crippen LogP contribution in [0.3, 0.4) is 0 Å². The minimum absolute atomic E-state index is 0.0177. The first-order chi connectivity index (χ1) is 14.6. The topological polar surface area (TPSA) is 102 Å². The molecule has 0 unspecified atom stereocenters. The maximum absolute atomic E-state index is 11.6. The van der Waals surface area contributed by atoms with Gasteiger partial charge in [-0.2, -0.15) is 0 Å². The molecule has 2 saturated heterocycles. The highest BCUT2D eigenvalue weighted by Gasteiger charge is 2.37. The van der Waals surface area contributed by atoms with Crippen LogP contribution in [0.1, 0.15) is 64.0 Å². The molecule has 0 aliphatic carbocycles. The molecule has 31 heavy (non-hydrogen) atoms. The molecule has 2 heterocycles. The molecule has 7 nitrogen and oxygen atoms in total. The Kier molecular flexibility index (Phi) is 7.59. The van der Waals surface area contributed by atoms with Gasteiger partial charge in [0.1, 0.15) is 5.75 Å². The zero-order valence-electron chi connectivity index (χ0n) is 19.2. The summed E-state index contributed by atoms with van der Waals surface area (Å²) in [4.78, 5) is 27.8. The maximum atomic E-state index is 11.6. The Hall–Kier alpha value is -2.12. The zero-order valence-corrected chi connectivity index (χ0v) is 19.2. The molecule has 2 atom stereocenters. The Balaban J connectivity index is 1.84. The van der Waals surface area contributed by atoms with Crippen LogP contribution in [0.4, 0.5) is 0 Å².